The van der Waals surface area contributed by atoms with Gasteiger partial charge in [-0.15, -0.1) is 0 Å². The van der Waals surface area contributed by atoms with Crippen LogP contribution in [0.2, 0.25) is 0 Å². The maximum absolute atomic E-state index is 5.47. The van der Waals surface area contributed by atoms with Crippen molar-refractivity contribution in [3.05, 3.63) is 0 Å². The van der Waals surface area contributed by atoms with Crippen LogP contribution >= 0.6 is 0 Å². The van der Waals surface area contributed by atoms with E-state index in [9.17, 15) is 0 Å². The lowest BCUT2D eigenvalue weighted by Crippen LogP contribution is -2.54. The van der Waals surface area contributed by atoms with Crippen LogP contribution in [0.3, 0.4) is 0 Å². The summed E-state index contributed by atoms with van der Waals surface area (Å²) in [6.45, 7) is 12.7. The van der Waals surface area contributed by atoms with Gasteiger partial charge in [-0.1, -0.05) is 13.8 Å². The van der Waals surface area contributed by atoms with Gasteiger partial charge in [-0.2, -0.15) is 0 Å². The van der Waals surface area contributed by atoms with E-state index in [1.807, 2.05) is 6.92 Å². The van der Waals surface area contributed by atoms with Gasteiger partial charge in [0.15, 0.2) is 0 Å². The van der Waals surface area contributed by atoms with E-state index in [0.29, 0.717) is 0 Å². The fourth-order valence-electron chi connectivity index (χ4n) is 2.05. The van der Waals surface area contributed by atoms with Crippen molar-refractivity contribution in [3.8, 4) is 0 Å². The van der Waals surface area contributed by atoms with Crippen LogP contribution in [0, 0.1) is 5.92 Å². The highest BCUT2D eigenvalue weighted by Gasteiger charge is 2.19. The molecule has 94 valence electrons. The second-order valence-corrected chi connectivity index (χ2v) is 4.62. The standard InChI is InChI=1S/C11H25N5/c1-4-13-11(14-12)16-7-5-15(6-8-16)9-10(2)3/h10H,4-9,12H2,1-3H3,(H,13,14). The molecule has 0 aliphatic carbocycles. The molecule has 0 amide bonds. The fraction of sp³-hybridized carbons (Fsp3) is 0.909. The van der Waals surface area contributed by atoms with E-state index in [0.717, 1.165) is 44.6 Å². The first-order valence-electron chi connectivity index (χ1n) is 6.15. The third kappa shape index (κ3) is 3.98. The summed E-state index contributed by atoms with van der Waals surface area (Å²) in [6.07, 6.45) is 0. The zero-order valence-corrected chi connectivity index (χ0v) is 10.7. The fourth-order valence-corrected chi connectivity index (χ4v) is 2.05. The van der Waals surface area contributed by atoms with Crippen LogP contribution in [0.25, 0.3) is 0 Å². The number of piperazine rings is 1. The van der Waals surface area contributed by atoms with Crippen LogP contribution in [0.15, 0.2) is 4.99 Å². The van der Waals surface area contributed by atoms with Gasteiger partial charge in [-0.3, -0.25) is 15.3 Å². The monoisotopic (exact) mass is 227 g/mol. The molecule has 1 rings (SSSR count). The average Bonchev–Trinajstić information content (AvgIpc) is 2.26. The Morgan fingerprint density at radius 3 is 2.38 bits per heavy atom. The number of nitrogens with one attached hydrogen (secondary N) is 1. The van der Waals surface area contributed by atoms with Gasteiger partial charge in [0.2, 0.25) is 5.96 Å². The highest BCUT2D eigenvalue weighted by Crippen LogP contribution is 2.05. The van der Waals surface area contributed by atoms with Crippen molar-refractivity contribution in [2.75, 3.05) is 39.3 Å². The zero-order chi connectivity index (χ0) is 12.0. The van der Waals surface area contributed by atoms with Crippen molar-refractivity contribution >= 4 is 5.96 Å². The molecule has 0 atom stereocenters. The first-order valence-corrected chi connectivity index (χ1v) is 6.15. The normalized spacial score (nSPS) is 19.3. The minimum Gasteiger partial charge on any atom is -0.339 e. The molecule has 3 N–H and O–H groups in total. The third-order valence-electron chi connectivity index (χ3n) is 2.73. The number of guanidine groups is 1. The Hall–Kier alpha value is -0.810. The molecule has 1 saturated heterocycles. The molecule has 5 nitrogen and oxygen atoms in total. The number of nitrogens with zero attached hydrogens (tertiary/aromatic N) is 3. The van der Waals surface area contributed by atoms with Crippen molar-refractivity contribution in [2.45, 2.75) is 20.8 Å². The van der Waals surface area contributed by atoms with E-state index in [1.54, 1.807) is 0 Å². The molecule has 0 bridgehead atoms. The molecule has 0 spiro atoms. The smallest absolute Gasteiger partial charge is 0.208 e. The molecule has 0 aromatic rings. The van der Waals surface area contributed by atoms with E-state index >= 15 is 0 Å². The van der Waals surface area contributed by atoms with Crippen molar-refractivity contribution in [2.24, 2.45) is 16.8 Å². The van der Waals surface area contributed by atoms with E-state index in [1.165, 1.54) is 6.54 Å². The summed E-state index contributed by atoms with van der Waals surface area (Å²) in [6, 6.07) is 0. The summed E-state index contributed by atoms with van der Waals surface area (Å²) < 4.78 is 0. The van der Waals surface area contributed by atoms with Gasteiger partial charge in [0.05, 0.1) is 0 Å². The van der Waals surface area contributed by atoms with Crippen LogP contribution in [-0.4, -0.2) is 55.0 Å². The number of hydrogen-bond acceptors (Lipinski definition) is 3. The molecule has 0 radical (unpaired) electrons. The average molecular weight is 227 g/mol. The Balaban J connectivity index is 2.39. The van der Waals surface area contributed by atoms with Gasteiger partial charge in [0.25, 0.3) is 0 Å². The molecule has 16 heavy (non-hydrogen) atoms. The minimum atomic E-state index is 0.739. The lowest BCUT2D eigenvalue weighted by Gasteiger charge is -2.36. The molecule has 0 aromatic carbocycles. The lowest BCUT2D eigenvalue weighted by atomic mass is 10.2. The topological polar surface area (TPSA) is 56.9 Å². The van der Waals surface area contributed by atoms with E-state index in [4.69, 9.17) is 5.84 Å². The van der Waals surface area contributed by atoms with Gasteiger partial charge in [-0.05, 0) is 12.8 Å². The second kappa shape index (κ2) is 6.70. The maximum Gasteiger partial charge on any atom is 0.208 e. The number of rotatable bonds is 3. The lowest BCUT2D eigenvalue weighted by molar-refractivity contribution is 0.164. The summed E-state index contributed by atoms with van der Waals surface area (Å²) in [4.78, 5) is 9.06. The Morgan fingerprint density at radius 1 is 1.31 bits per heavy atom. The van der Waals surface area contributed by atoms with E-state index in [2.05, 4.69) is 34.1 Å². The first-order chi connectivity index (χ1) is 7.67. The summed E-state index contributed by atoms with van der Waals surface area (Å²) in [5, 5.41) is 0. The van der Waals surface area contributed by atoms with Crippen LogP contribution in [0.5, 0.6) is 0 Å². The molecule has 0 unspecified atom stereocenters. The summed E-state index contributed by atoms with van der Waals surface area (Å²) in [5.41, 5.74) is 2.69. The Morgan fingerprint density at radius 2 is 1.94 bits per heavy atom. The predicted molar refractivity (Wildman–Crippen MR) is 68.2 cm³/mol. The molecule has 1 aliphatic heterocycles. The SMILES string of the molecule is CCN=C(NN)N1CCN(CC(C)C)CC1. The minimum absolute atomic E-state index is 0.739. The quantitative estimate of drug-likeness (QED) is 0.311. The highest BCUT2D eigenvalue weighted by atomic mass is 15.4. The molecule has 1 fully saturated rings. The van der Waals surface area contributed by atoms with Crippen molar-refractivity contribution in [1.29, 1.82) is 0 Å². The molecule has 5 heteroatoms. The van der Waals surface area contributed by atoms with Crippen LogP contribution in [0.1, 0.15) is 20.8 Å². The van der Waals surface area contributed by atoms with Crippen molar-refractivity contribution in [3.63, 3.8) is 0 Å². The van der Waals surface area contributed by atoms with E-state index in [-0.39, 0.29) is 0 Å². The summed E-state index contributed by atoms with van der Waals surface area (Å²) >= 11 is 0. The van der Waals surface area contributed by atoms with E-state index < -0.39 is 0 Å². The first kappa shape index (κ1) is 13.3. The van der Waals surface area contributed by atoms with Crippen molar-refractivity contribution in [1.82, 2.24) is 15.2 Å². The second-order valence-electron chi connectivity index (χ2n) is 4.62. The Kier molecular flexibility index (Phi) is 5.55. The number of nitrogens with two attached hydrogens (primary N) is 1. The van der Waals surface area contributed by atoms with Crippen LogP contribution in [-0.2, 0) is 0 Å². The van der Waals surface area contributed by atoms with Gasteiger partial charge in [0, 0.05) is 39.3 Å². The molecular formula is C11H25N5. The number of aliphatic imine (C=N–C) groups is 1. The molecule has 1 heterocycles. The number of hydrogen-bond donors (Lipinski definition) is 2. The van der Waals surface area contributed by atoms with Crippen molar-refractivity contribution < 1.29 is 0 Å². The highest BCUT2D eigenvalue weighted by molar-refractivity contribution is 5.79. The molecule has 0 aromatic heterocycles. The summed E-state index contributed by atoms with van der Waals surface area (Å²) in [5.74, 6) is 7.03. The molecule has 1 aliphatic rings. The van der Waals surface area contributed by atoms with Gasteiger partial charge in [-0.25, -0.2) is 5.84 Å². The number of hydrazine groups is 1. The molecular weight excluding hydrogens is 202 g/mol. The molecule has 0 saturated carbocycles. The van der Waals surface area contributed by atoms with Gasteiger partial charge >= 0.3 is 0 Å². The largest absolute Gasteiger partial charge is 0.339 e. The van der Waals surface area contributed by atoms with Gasteiger partial charge in [0.1, 0.15) is 0 Å². The van der Waals surface area contributed by atoms with Gasteiger partial charge < -0.3 is 4.90 Å². The zero-order valence-electron chi connectivity index (χ0n) is 10.7. The maximum atomic E-state index is 5.47. The van der Waals surface area contributed by atoms with Crippen LogP contribution in [0.4, 0.5) is 0 Å². The third-order valence-corrected chi connectivity index (χ3v) is 2.73. The predicted octanol–water partition coefficient (Wildman–Crippen LogP) is 0.0992. The Labute approximate surface area is 98.7 Å². The van der Waals surface area contributed by atoms with Crippen LogP contribution < -0.4 is 11.3 Å². The summed E-state index contributed by atoms with van der Waals surface area (Å²) in [7, 11) is 0. The Bertz CT molecular complexity index is 218.